The highest BCUT2D eigenvalue weighted by atomic mass is 16.6. The summed E-state index contributed by atoms with van der Waals surface area (Å²) in [4.78, 5) is 34.3. The van der Waals surface area contributed by atoms with E-state index in [1.54, 1.807) is 0 Å². The Morgan fingerprint density at radius 3 is 2.41 bits per heavy atom. The number of fused-ring (bicyclic) bond motifs is 1. The van der Waals surface area contributed by atoms with Gasteiger partial charge in [-0.2, -0.15) is 0 Å². The number of carbonyl (C=O) groups excluding carboxylic acids is 2. The molecule has 2 aromatic rings. The van der Waals surface area contributed by atoms with E-state index in [9.17, 15) is 19.5 Å². The zero-order valence-electron chi connectivity index (χ0n) is 18.3. The van der Waals surface area contributed by atoms with Gasteiger partial charge in [-0.25, -0.2) is 0 Å². The van der Waals surface area contributed by atoms with E-state index < -0.39 is 11.9 Å². The Bertz CT molecular complexity index is 1110. The lowest BCUT2D eigenvalue weighted by Gasteiger charge is -2.17. The average molecular weight is 440 g/mol. The van der Waals surface area contributed by atoms with Gasteiger partial charge in [-0.3, -0.25) is 14.4 Å². The van der Waals surface area contributed by atoms with Gasteiger partial charge in [0, 0.05) is 12.5 Å². The van der Waals surface area contributed by atoms with Crippen LogP contribution in [0.5, 0.6) is 23.0 Å². The lowest BCUT2D eigenvalue weighted by Crippen LogP contribution is -2.08. The molecule has 0 unspecified atom stereocenters. The molecule has 0 heterocycles. The van der Waals surface area contributed by atoms with E-state index in [1.807, 2.05) is 19.1 Å². The van der Waals surface area contributed by atoms with Crippen molar-refractivity contribution in [1.82, 2.24) is 0 Å². The van der Waals surface area contributed by atoms with E-state index >= 15 is 0 Å². The Hall–Kier alpha value is -3.81. The van der Waals surface area contributed by atoms with Crippen molar-refractivity contribution < 1.29 is 38.4 Å². The van der Waals surface area contributed by atoms with Crippen molar-refractivity contribution in [3.8, 4) is 23.0 Å². The van der Waals surface area contributed by atoms with Crippen molar-refractivity contribution in [3.05, 3.63) is 52.1 Å². The third-order valence-electron chi connectivity index (χ3n) is 5.19. The topological polar surface area (TPSA) is 108 Å². The molecular formula is C24H24O8. The van der Waals surface area contributed by atoms with Crippen LogP contribution in [0.25, 0.3) is 5.57 Å². The van der Waals surface area contributed by atoms with Crippen molar-refractivity contribution in [1.29, 1.82) is 0 Å². The lowest BCUT2D eigenvalue weighted by atomic mass is 9.98. The van der Waals surface area contributed by atoms with E-state index in [0.717, 1.165) is 27.8 Å². The van der Waals surface area contributed by atoms with Crippen LogP contribution in [0.3, 0.4) is 0 Å². The Morgan fingerprint density at radius 2 is 1.81 bits per heavy atom. The molecule has 0 radical (unpaired) electrons. The molecule has 32 heavy (non-hydrogen) atoms. The summed E-state index contributed by atoms with van der Waals surface area (Å²) < 4.78 is 21.9. The molecule has 0 aromatic heterocycles. The van der Waals surface area contributed by atoms with Crippen LogP contribution in [-0.2, 0) is 22.6 Å². The van der Waals surface area contributed by atoms with Gasteiger partial charge >= 0.3 is 11.9 Å². The van der Waals surface area contributed by atoms with E-state index in [4.69, 9.17) is 18.9 Å². The molecule has 1 aliphatic carbocycles. The third-order valence-corrected chi connectivity index (χ3v) is 5.19. The van der Waals surface area contributed by atoms with Gasteiger partial charge in [-0.05, 0) is 59.9 Å². The fraction of sp³-hybridized carbons (Fsp3) is 0.292. The van der Waals surface area contributed by atoms with E-state index in [0.29, 0.717) is 24.0 Å². The van der Waals surface area contributed by atoms with E-state index in [1.165, 1.54) is 33.3 Å². The van der Waals surface area contributed by atoms with Gasteiger partial charge in [0.25, 0.3) is 0 Å². The summed E-state index contributed by atoms with van der Waals surface area (Å²) in [6, 6.07) is 6.57. The number of allylic oxidation sites excluding steroid dienone is 1. The molecule has 0 amide bonds. The number of hydrogen-bond acceptors (Lipinski definition) is 7. The molecule has 0 aliphatic heterocycles. The van der Waals surface area contributed by atoms with Crippen LogP contribution >= 0.6 is 0 Å². The molecular weight excluding hydrogens is 416 g/mol. The second-order valence-electron chi connectivity index (χ2n) is 7.37. The number of benzene rings is 2. The van der Waals surface area contributed by atoms with Gasteiger partial charge < -0.3 is 24.1 Å². The van der Waals surface area contributed by atoms with Gasteiger partial charge in [0.1, 0.15) is 18.6 Å². The summed E-state index contributed by atoms with van der Waals surface area (Å²) in [7, 11) is 2.93. The summed E-state index contributed by atoms with van der Waals surface area (Å²) in [5.74, 6) is -0.460. The average Bonchev–Trinajstić information content (AvgIpc) is 3.06. The Labute approximate surface area is 185 Å². The second-order valence-corrected chi connectivity index (χ2v) is 7.37. The molecule has 3 rings (SSSR count). The Kier molecular flexibility index (Phi) is 6.82. The minimum atomic E-state index is -0.906. The molecule has 8 heteroatoms. The smallest absolute Gasteiger partial charge is 0.308 e. The molecule has 0 spiro atoms. The largest absolute Gasteiger partial charge is 0.497 e. The van der Waals surface area contributed by atoms with Gasteiger partial charge in [0.2, 0.25) is 5.75 Å². The standard InChI is InChI=1S/C24H24O8/c1-13-5-19-16(8-17(29-3)9-20(19)18(13)10-23(27)28)12-31-22-7-15(11-25)6-21(30-4)24(22)32-14(2)26/h6-9,11H,5,10,12H2,1-4H3,(H,27,28). The molecule has 1 N–H and O–H groups in total. The molecule has 1 aliphatic rings. The number of carbonyl (C=O) groups is 3. The minimum Gasteiger partial charge on any atom is -0.497 e. The second kappa shape index (κ2) is 9.55. The normalized spacial score (nSPS) is 12.2. The number of aliphatic carboxylic acids is 1. The fourth-order valence-corrected chi connectivity index (χ4v) is 3.75. The van der Waals surface area contributed by atoms with Crippen molar-refractivity contribution >= 4 is 23.8 Å². The first-order chi connectivity index (χ1) is 15.3. The number of carboxylic acids is 1. The molecule has 8 nitrogen and oxygen atoms in total. The minimum absolute atomic E-state index is 0.0750. The predicted octanol–water partition coefficient (Wildman–Crippen LogP) is 3.82. The van der Waals surface area contributed by atoms with Crippen LogP contribution in [0.15, 0.2) is 29.8 Å². The van der Waals surface area contributed by atoms with Crippen LogP contribution in [0.4, 0.5) is 0 Å². The molecule has 0 saturated carbocycles. The Morgan fingerprint density at radius 1 is 1.09 bits per heavy atom. The monoisotopic (exact) mass is 440 g/mol. The van der Waals surface area contributed by atoms with Crippen molar-refractivity contribution in [2.45, 2.75) is 33.3 Å². The summed E-state index contributed by atoms with van der Waals surface area (Å²) in [5.41, 5.74) is 4.60. The summed E-state index contributed by atoms with van der Waals surface area (Å²) in [6.45, 7) is 3.24. The van der Waals surface area contributed by atoms with Crippen molar-refractivity contribution in [2.75, 3.05) is 14.2 Å². The highest BCUT2D eigenvalue weighted by molar-refractivity contribution is 5.89. The molecule has 0 bridgehead atoms. The van der Waals surface area contributed by atoms with Crippen LogP contribution in [0, 0.1) is 0 Å². The van der Waals surface area contributed by atoms with Gasteiger partial charge in [0.05, 0.1) is 20.6 Å². The highest BCUT2D eigenvalue weighted by Crippen LogP contribution is 2.42. The van der Waals surface area contributed by atoms with Crippen molar-refractivity contribution in [2.24, 2.45) is 0 Å². The zero-order chi connectivity index (χ0) is 23.4. The summed E-state index contributed by atoms with van der Waals surface area (Å²) >= 11 is 0. The predicted molar refractivity (Wildman–Crippen MR) is 116 cm³/mol. The van der Waals surface area contributed by atoms with Crippen molar-refractivity contribution in [3.63, 3.8) is 0 Å². The maximum atomic E-state index is 11.6. The van der Waals surface area contributed by atoms with E-state index in [2.05, 4.69) is 0 Å². The van der Waals surface area contributed by atoms with Crippen LogP contribution in [0.2, 0.25) is 0 Å². The first kappa shape index (κ1) is 22.9. The number of aldehydes is 1. The lowest BCUT2D eigenvalue weighted by molar-refractivity contribution is -0.136. The van der Waals surface area contributed by atoms with Crippen LogP contribution in [0.1, 0.15) is 47.3 Å². The number of hydrogen-bond donors (Lipinski definition) is 1. The van der Waals surface area contributed by atoms with Crippen LogP contribution in [-0.4, -0.2) is 37.6 Å². The quantitative estimate of drug-likeness (QED) is 0.356. The SMILES string of the molecule is COc1cc(COc2cc(C=O)cc(OC)c2OC(C)=O)c2c(c1)C(CC(=O)O)=C(C)C2. The van der Waals surface area contributed by atoms with Gasteiger partial charge in [-0.15, -0.1) is 0 Å². The Balaban J connectivity index is 2.00. The number of methoxy groups -OCH3 is 2. The number of esters is 1. The molecule has 168 valence electrons. The first-order valence-corrected chi connectivity index (χ1v) is 9.86. The highest BCUT2D eigenvalue weighted by Gasteiger charge is 2.25. The maximum Gasteiger partial charge on any atom is 0.308 e. The fourth-order valence-electron chi connectivity index (χ4n) is 3.75. The third kappa shape index (κ3) is 4.74. The number of carboxylic acid groups (broad SMARTS) is 1. The van der Waals surface area contributed by atoms with Gasteiger partial charge in [-0.1, -0.05) is 5.57 Å². The maximum absolute atomic E-state index is 11.6. The summed E-state index contributed by atoms with van der Waals surface area (Å²) in [6.07, 6.45) is 1.15. The number of rotatable bonds is 9. The molecule has 0 atom stereocenters. The summed E-state index contributed by atoms with van der Waals surface area (Å²) in [5, 5.41) is 9.29. The molecule has 0 saturated heterocycles. The molecule has 0 fully saturated rings. The van der Waals surface area contributed by atoms with E-state index in [-0.39, 0.29) is 30.3 Å². The first-order valence-electron chi connectivity index (χ1n) is 9.86. The van der Waals surface area contributed by atoms with Crippen LogP contribution < -0.4 is 18.9 Å². The molecule has 2 aromatic carbocycles. The number of ether oxygens (including phenoxy) is 4. The van der Waals surface area contributed by atoms with Gasteiger partial charge in [0.15, 0.2) is 11.5 Å². The zero-order valence-corrected chi connectivity index (χ0v) is 18.3.